The summed E-state index contributed by atoms with van der Waals surface area (Å²) >= 11 is 0. The van der Waals surface area contributed by atoms with E-state index in [1.807, 2.05) is 19.9 Å². The summed E-state index contributed by atoms with van der Waals surface area (Å²) in [6.07, 6.45) is 0. The highest BCUT2D eigenvalue weighted by Crippen LogP contribution is 2.16. The number of aryl methyl sites for hydroxylation is 1. The molecule has 0 aliphatic rings. The molecular weight excluding hydrogens is 166 g/mol. The van der Waals surface area contributed by atoms with Crippen LogP contribution >= 0.6 is 0 Å². The number of rotatable bonds is 3. The molecule has 13 heavy (non-hydrogen) atoms. The van der Waals surface area contributed by atoms with Crippen molar-refractivity contribution in [2.45, 2.75) is 13.8 Å². The molecule has 3 nitrogen and oxygen atoms in total. The molecule has 0 aliphatic heterocycles. The third-order valence-corrected chi connectivity index (χ3v) is 1.77. The molecule has 0 aliphatic carbocycles. The van der Waals surface area contributed by atoms with Gasteiger partial charge in [0, 0.05) is 5.56 Å². The average molecular weight is 179 g/mol. The van der Waals surface area contributed by atoms with Crippen LogP contribution in [0, 0.1) is 6.92 Å². The fourth-order valence-corrected chi connectivity index (χ4v) is 1.17. The highest BCUT2D eigenvalue weighted by atomic mass is 16.5. The molecule has 1 aromatic carbocycles. The van der Waals surface area contributed by atoms with Crippen molar-refractivity contribution < 1.29 is 9.53 Å². The lowest BCUT2D eigenvalue weighted by molar-refractivity contribution is 0.0999. The molecule has 70 valence electrons. The number of hydrogen-bond donors (Lipinski definition) is 1. The highest BCUT2D eigenvalue weighted by Gasteiger charge is 2.04. The van der Waals surface area contributed by atoms with Crippen LogP contribution in [0.4, 0.5) is 0 Å². The van der Waals surface area contributed by atoms with Crippen molar-refractivity contribution >= 4 is 5.91 Å². The summed E-state index contributed by atoms with van der Waals surface area (Å²) in [5, 5.41) is 0. The van der Waals surface area contributed by atoms with Crippen molar-refractivity contribution in [3.05, 3.63) is 29.3 Å². The van der Waals surface area contributed by atoms with E-state index in [1.165, 1.54) is 0 Å². The maximum absolute atomic E-state index is 10.9. The number of nitrogens with two attached hydrogens (primary N) is 1. The highest BCUT2D eigenvalue weighted by molar-refractivity contribution is 5.94. The van der Waals surface area contributed by atoms with Crippen LogP contribution in [0.15, 0.2) is 18.2 Å². The van der Waals surface area contributed by atoms with E-state index in [9.17, 15) is 4.79 Å². The quantitative estimate of drug-likeness (QED) is 0.764. The van der Waals surface area contributed by atoms with Crippen LogP contribution in [-0.4, -0.2) is 12.5 Å². The Hall–Kier alpha value is -1.51. The van der Waals surface area contributed by atoms with Crippen molar-refractivity contribution in [2.24, 2.45) is 5.73 Å². The molecule has 0 aromatic heterocycles. The van der Waals surface area contributed by atoms with E-state index in [0.29, 0.717) is 12.2 Å². The molecule has 0 unspecified atom stereocenters. The SMILES string of the molecule is CCOc1ccc(C(N)=O)c(C)c1. The lowest BCUT2D eigenvalue weighted by atomic mass is 10.1. The molecule has 0 spiro atoms. The Morgan fingerprint density at radius 2 is 2.23 bits per heavy atom. The Labute approximate surface area is 77.5 Å². The molecule has 1 amide bonds. The Balaban J connectivity index is 2.98. The molecule has 0 saturated carbocycles. The second kappa shape index (κ2) is 3.94. The molecule has 1 rings (SSSR count). The van der Waals surface area contributed by atoms with Crippen molar-refractivity contribution in [3.8, 4) is 5.75 Å². The largest absolute Gasteiger partial charge is 0.494 e. The summed E-state index contributed by atoms with van der Waals surface area (Å²) in [5.74, 6) is 0.366. The van der Waals surface area contributed by atoms with Gasteiger partial charge < -0.3 is 10.5 Å². The van der Waals surface area contributed by atoms with E-state index < -0.39 is 5.91 Å². The summed E-state index contributed by atoms with van der Waals surface area (Å²) < 4.78 is 5.27. The molecule has 1 aromatic rings. The maximum atomic E-state index is 10.9. The topological polar surface area (TPSA) is 52.3 Å². The maximum Gasteiger partial charge on any atom is 0.248 e. The molecule has 0 radical (unpaired) electrons. The van der Waals surface area contributed by atoms with Gasteiger partial charge in [-0.25, -0.2) is 0 Å². The van der Waals surface area contributed by atoms with Gasteiger partial charge >= 0.3 is 0 Å². The van der Waals surface area contributed by atoms with Gasteiger partial charge in [-0.2, -0.15) is 0 Å². The van der Waals surface area contributed by atoms with Crippen LogP contribution in [0.25, 0.3) is 0 Å². The summed E-state index contributed by atoms with van der Waals surface area (Å²) in [5.41, 5.74) is 6.55. The fourth-order valence-electron chi connectivity index (χ4n) is 1.17. The Kier molecular flexibility index (Phi) is 2.90. The van der Waals surface area contributed by atoms with Gasteiger partial charge in [0.05, 0.1) is 6.61 Å². The normalized spacial score (nSPS) is 9.69. The number of amides is 1. The first-order chi connectivity index (χ1) is 6.15. The van der Waals surface area contributed by atoms with E-state index in [0.717, 1.165) is 11.3 Å². The third kappa shape index (κ3) is 2.21. The van der Waals surface area contributed by atoms with Crippen LogP contribution in [0.2, 0.25) is 0 Å². The van der Waals surface area contributed by atoms with Crippen LogP contribution < -0.4 is 10.5 Å². The number of carbonyl (C=O) groups excluding carboxylic acids is 1. The predicted molar refractivity (Wildman–Crippen MR) is 50.9 cm³/mol. The van der Waals surface area contributed by atoms with Gasteiger partial charge in [-0.3, -0.25) is 4.79 Å². The summed E-state index contributed by atoms with van der Waals surface area (Å²) in [7, 11) is 0. The van der Waals surface area contributed by atoms with Crippen molar-refractivity contribution in [1.29, 1.82) is 0 Å². The van der Waals surface area contributed by atoms with Crippen LogP contribution in [0.5, 0.6) is 5.75 Å². The average Bonchev–Trinajstić information content (AvgIpc) is 2.04. The first kappa shape index (κ1) is 9.58. The van der Waals surface area contributed by atoms with E-state index in [2.05, 4.69) is 0 Å². The standard InChI is InChI=1S/C10H13NO2/c1-3-13-8-4-5-9(10(11)12)7(2)6-8/h4-6H,3H2,1-2H3,(H2,11,12). The lowest BCUT2D eigenvalue weighted by Gasteiger charge is -2.06. The number of hydrogen-bond acceptors (Lipinski definition) is 2. The van der Waals surface area contributed by atoms with Gasteiger partial charge in [-0.05, 0) is 37.6 Å². The Bertz CT molecular complexity index is 321. The fraction of sp³-hybridized carbons (Fsp3) is 0.300. The monoisotopic (exact) mass is 179 g/mol. The minimum Gasteiger partial charge on any atom is -0.494 e. The molecule has 0 heterocycles. The molecule has 0 bridgehead atoms. The van der Waals surface area contributed by atoms with Gasteiger partial charge in [0.25, 0.3) is 0 Å². The molecule has 0 saturated heterocycles. The van der Waals surface area contributed by atoms with Gasteiger partial charge in [-0.15, -0.1) is 0 Å². The van der Waals surface area contributed by atoms with Gasteiger partial charge in [-0.1, -0.05) is 0 Å². The zero-order valence-corrected chi connectivity index (χ0v) is 7.83. The minimum atomic E-state index is -0.402. The summed E-state index contributed by atoms with van der Waals surface area (Å²) in [4.78, 5) is 10.9. The number of primary amides is 1. The second-order valence-electron chi connectivity index (χ2n) is 2.77. The van der Waals surface area contributed by atoms with Crippen molar-refractivity contribution in [2.75, 3.05) is 6.61 Å². The second-order valence-corrected chi connectivity index (χ2v) is 2.77. The Morgan fingerprint density at radius 3 is 2.69 bits per heavy atom. The number of carbonyl (C=O) groups is 1. The van der Waals surface area contributed by atoms with Crippen LogP contribution in [-0.2, 0) is 0 Å². The summed E-state index contributed by atoms with van der Waals surface area (Å²) in [6.45, 7) is 4.37. The zero-order chi connectivity index (χ0) is 9.84. The van der Waals surface area contributed by atoms with Gasteiger partial charge in [0.2, 0.25) is 5.91 Å². The van der Waals surface area contributed by atoms with Gasteiger partial charge in [0.1, 0.15) is 5.75 Å². The molecule has 3 heteroatoms. The number of benzene rings is 1. The van der Waals surface area contributed by atoms with Crippen molar-refractivity contribution in [3.63, 3.8) is 0 Å². The zero-order valence-electron chi connectivity index (χ0n) is 7.83. The molecule has 0 atom stereocenters. The predicted octanol–water partition coefficient (Wildman–Crippen LogP) is 1.49. The van der Waals surface area contributed by atoms with E-state index in [-0.39, 0.29) is 0 Å². The van der Waals surface area contributed by atoms with Crippen molar-refractivity contribution in [1.82, 2.24) is 0 Å². The Morgan fingerprint density at radius 1 is 1.54 bits per heavy atom. The number of ether oxygens (including phenoxy) is 1. The first-order valence-corrected chi connectivity index (χ1v) is 4.18. The van der Waals surface area contributed by atoms with E-state index in [1.54, 1.807) is 12.1 Å². The minimum absolute atomic E-state index is 0.402. The van der Waals surface area contributed by atoms with Crippen LogP contribution in [0.1, 0.15) is 22.8 Å². The van der Waals surface area contributed by atoms with E-state index in [4.69, 9.17) is 10.5 Å². The first-order valence-electron chi connectivity index (χ1n) is 4.18. The smallest absolute Gasteiger partial charge is 0.248 e. The molecule has 0 fully saturated rings. The van der Waals surface area contributed by atoms with E-state index >= 15 is 0 Å². The van der Waals surface area contributed by atoms with Crippen LogP contribution in [0.3, 0.4) is 0 Å². The summed E-state index contributed by atoms with van der Waals surface area (Å²) in [6, 6.07) is 5.24. The van der Waals surface area contributed by atoms with Gasteiger partial charge in [0.15, 0.2) is 0 Å². The lowest BCUT2D eigenvalue weighted by Crippen LogP contribution is -2.12. The molecular formula is C10H13NO2. The third-order valence-electron chi connectivity index (χ3n) is 1.77. The molecule has 2 N–H and O–H groups in total.